The van der Waals surface area contributed by atoms with Crippen LogP contribution >= 0.6 is 0 Å². The van der Waals surface area contributed by atoms with E-state index < -0.39 is 5.97 Å². The number of rotatable bonds is 3. The average Bonchev–Trinajstić information content (AvgIpc) is 3.06. The Kier molecular flexibility index (Phi) is 3.35. The van der Waals surface area contributed by atoms with Crippen molar-refractivity contribution in [1.82, 2.24) is 9.97 Å². The zero-order valence-corrected chi connectivity index (χ0v) is 12.7. The Labute approximate surface area is 138 Å². The Hall–Kier alpha value is -3.40. The van der Waals surface area contributed by atoms with Crippen LogP contribution in [0.3, 0.4) is 0 Å². The number of carboxylic acid groups (broad SMARTS) is 1. The quantitative estimate of drug-likeness (QED) is 0.581. The van der Waals surface area contributed by atoms with Gasteiger partial charge >= 0.3 is 5.97 Å². The molecular weight excluding hydrogens is 300 g/mol. The van der Waals surface area contributed by atoms with Gasteiger partial charge in [0.05, 0.1) is 16.6 Å². The summed E-state index contributed by atoms with van der Waals surface area (Å²) in [4.78, 5) is 19.1. The van der Waals surface area contributed by atoms with Crippen LogP contribution in [0.2, 0.25) is 0 Å². The summed E-state index contributed by atoms with van der Waals surface area (Å²) in [5.74, 6) is -0.127. The van der Waals surface area contributed by atoms with Crippen LogP contribution < -0.4 is 0 Å². The number of imidazole rings is 1. The number of carbonyl (C=O) groups is 1. The highest BCUT2D eigenvalue weighted by molar-refractivity contribution is 5.89. The molecule has 0 atom stereocenters. The van der Waals surface area contributed by atoms with Crippen molar-refractivity contribution in [2.24, 2.45) is 0 Å². The first kappa shape index (κ1) is 14.2. The van der Waals surface area contributed by atoms with Gasteiger partial charge in [0.25, 0.3) is 0 Å². The van der Waals surface area contributed by atoms with E-state index in [0.29, 0.717) is 0 Å². The average molecular weight is 314 g/mol. The van der Waals surface area contributed by atoms with E-state index in [2.05, 4.69) is 9.97 Å². The molecule has 0 spiro atoms. The summed E-state index contributed by atoms with van der Waals surface area (Å²) in [5, 5.41) is 9.15. The van der Waals surface area contributed by atoms with Gasteiger partial charge in [0, 0.05) is 5.56 Å². The first-order valence-corrected chi connectivity index (χ1v) is 7.60. The van der Waals surface area contributed by atoms with E-state index in [9.17, 15) is 4.79 Å². The lowest BCUT2D eigenvalue weighted by molar-refractivity contribution is 0.0697. The second-order valence-corrected chi connectivity index (χ2v) is 5.57. The van der Waals surface area contributed by atoms with Crippen LogP contribution in [0, 0.1) is 0 Å². The number of benzene rings is 3. The highest BCUT2D eigenvalue weighted by Gasteiger charge is 2.08. The summed E-state index contributed by atoms with van der Waals surface area (Å²) in [6.45, 7) is 0. The number of nitrogens with zero attached hydrogens (tertiary/aromatic N) is 1. The van der Waals surface area contributed by atoms with Gasteiger partial charge in [-0.05, 0) is 41.5 Å². The number of aromatic carboxylic acids is 1. The minimum absolute atomic E-state index is 0.279. The zero-order chi connectivity index (χ0) is 16.5. The predicted molar refractivity (Wildman–Crippen MR) is 93.9 cm³/mol. The molecule has 0 fully saturated rings. The number of aromatic amines is 1. The Morgan fingerprint density at radius 2 is 1.54 bits per heavy atom. The van der Waals surface area contributed by atoms with Crippen molar-refractivity contribution in [2.45, 2.75) is 0 Å². The number of nitrogens with one attached hydrogen (secondary N) is 1. The van der Waals surface area contributed by atoms with E-state index in [1.54, 1.807) is 18.2 Å². The van der Waals surface area contributed by atoms with Crippen LogP contribution in [-0.4, -0.2) is 21.0 Å². The molecule has 116 valence electrons. The molecule has 0 aliphatic carbocycles. The molecule has 0 saturated carbocycles. The van der Waals surface area contributed by atoms with E-state index in [1.165, 1.54) is 0 Å². The topological polar surface area (TPSA) is 66.0 Å². The summed E-state index contributed by atoms with van der Waals surface area (Å²) < 4.78 is 0. The first-order valence-electron chi connectivity index (χ1n) is 7.60. The summed E-state index contributed by atoms with van der Waals surface area (Å²) in [5.41, 5.74) is 4.98. The normalized spacial score (nSPS) is 10.8. The molecule has 0 amide bonds. The molecule has 4 aromatic rings. The number of H-pyrrole nitrogens is 1. The fourth-order valence-electron chi connectivity index (χ4n) is 2.77. The van der Waals surface area contributed by atoms with Crippen LogP contribution in [-0.2, 0) is 0 Å². The van der Waals surface area contributed by atoms with E-state index in [4.69, 9.17) is 5.11 Å². The molecule has 0 unspecified atom stereocenters. The number of hydrogen-bond donors (Lipinski definition) is 2. The molecular formula is C20H14N2O2. The maximum atomic E-state index is 11.2. The van der Waals surface area contributed by atoms with Gasteiger partial charge in [-0.15, -0.1) is 0 Å². The molecule has 0 aliphatic rings. The minimum atomic E-state index is -0.926. The molecule has 24 heavy (non-hydrogen) atoms. The monoisotopic (exact) mass is 314 g/mol. The fourth-order valence-corrected chi connectivity index (χ4v) is 2.77. The van der Waals surface area contributed by atoms with Crippen LogP contribution in [0.4, 0.5) is 0 Å². The van der Waals surface area contributed by atoms with Crippen molar-refractivity contribution < 1.29 is 9.90 Å². The third-order valence-corrected chi connectivity index (χ3v) is 3.97. The lowest BCUT2D eigenvalue weighted by Gasteiger charge is -2.05. The van der Waals surface area contributed by atoms with Crippen LogP contribution in [0.15, 0.2) is 72.8 Å². The van der Waals surface area contributed by atoms with Gasteiger partial charge in [-0.2, -0.15) is 0 Å². The minimum Gasteiger partial charge on any atom is -0.478 e. The molecule has 4 heteroatoms. The molecule has 4 rings (SSSR count). The van der Waals surface area contributed by atoms with Crippen molar-refractivity contribution in [3.63, 3.8) is 0 Å². The Bertz CT molecular complexity index is 1020. The smallest absolute Gasteiger partial charge is 0.335 e. The number of para-hydroxylation sites is 2. The third-order valence-electron chi connectivity index (χ3n) is 3.97. The SMILES string of the molecule is O=C(O)c1cccc(-c2cccc(-c3nc4ccccc4[nH]3)c2)c1. The Balaban J connectivity index is 1.78. The van der Waals surface area contributed by atoms with Crippen molar-refractivity contribution in [2.75, 3.05) is 0 Å². The van der Waals surface area contributed by atoms with Crippen LogP contribution in [0.5, 0.6) is 0 Å². The third kappa shape index (κ3) is 2.54. The highest BCUT2D eigenvalue weighted by Crippen LogP contribution is 2.27. The van der Waals surface area contributed by atoms with Crippen molar-refractivity contribution in [1.29, 1.82) is 0 Å². The van der Waals surface area contributed by atoms with E-state index >= 15 is 0 Å². The number of fused-ring (bicyclic) bond motifs is 1. The van der Waals surface area contributed by atoms with Crippen molar-refractivity contribution >= 4 is 17.0 Å². The van der Waals surface area contributed by atoms with Gasteiger partial charge < -0.3 is 10.1 Å². The fraction of sp³-hybridized carbons (Fsp3) is 0. The summed E-state index contributed by atoms with van der Waals surface area (Å²) in [6, 6.07) is 22.7. The predicted octanol–water partition coefficient (Wildman–Crippen LogP) is 4.60. The Morgan fingerprint density at radius 1 is 0.833 bits per heavy atom. The molecule has 0 aliphatic heterocycles. The molecule has 3 aromatic carbocycles. The van der Waals surface area contributed by atoms with Crippen LogP contribution in [0.25, 0.3) is 33.5 Å². The summed E-state index contributed by atoms with van der Waals surface area (Å²) in [7, 11) is 0. The van der Waals surface area contributed by atoms with Gasteiger partial charge in [-0.3, -0.25) is 0 Å². The van der Waals surface area contributed by atoms with Gasteiger partial charge in [-0.1, -0.05) is 42.5 Å². The molecule has 0 radical (unpaired) electrons. The van der Waals surface area contributed by atoms with Gasteiger partial charge in [0.1, 0.15) is 5.82 Å². The number of hydrogen-bond acceptors (Lipinski definition) is 2. The van der Waals surface area contributed by atoms with E-state index in [1.807, 2.05) is 54.6 Å². The zero-order valence-electron chi connectivity index (χ0n) is 12.7. The van der Waals surface area contributed by atoms with Crippen LogP contribution in [0.1, 0.15) is 10.4 Å². The lowest BCUT2D eigenvalue weighted by Crippen LogP contribution is -1.95. The van der Waals surface area contributed by atoms with Crippen molar-refractivity contribution in [3.05, 3.63) is 78.4 Å². The second kappa shape index (κ2) is 5.66. The molecule has 2 N–H and O–H groups in total. The Morgan fingerprint density at radius 3 is 2.33 bits per heavy atom. The first-order chi connectivity index (χ1) is 11.7. The summed E-state index contributed by atoms with van der Waals surface area (Å²) in [6.07, 6.45) is 0. The van der Waals surface area contributed by atoms with Crippen molar-refractivity contribution in [3.8, 4) is 22.5 Å². The van der Waals surface area contributed by atoms with Gasteiger partial charge in [0.15, 0.2) is 0 Å². The maximum absolute atomic E-state index is 11.2. The van der Waals surface area contributed by atoms with Gasteiger partial charge in [0.2, 0.25) is 0 Å². The van der Waals surface area contributed by atoms with E-state index in [0.717, 1.165) is 33.5 Å². The second-order valence-electron chi connectivity index (χ2n) is 5.57. The van der Waals surface area contributed by atoms with Gasteiger partial charge in [-0.25, -0.2) is 9.78 Å². The largest absolute Gasteiger partial charge is 0.478 e. The standard InChI is InChI=1S/C20H14N2O2/c23-20(24)16-8-4-6-14(12-16)13-5-3-7-15(11-13)19-21-17-9-1-2-10-18(17)22-19/h1-12H,(H,21,22)(H,23,24). The maximum Gasteiger partial charge on any atom is 0.335 e. The molecule has 4 nitrogen and oxygen atoms in total. The highest BCUT2D eigenvalue weighted by atomic mass is 16.4. The molecule has 1 heterocycles. The molecule has 0 saturated heterocycles. The molecule has 0 bridgehead atoms. The molecule has 1 aromatic heterocycles. The number of aromatic nitrogens is 2. The lowest BCUT2D eigenvalue weighted by atomic mass is 10.0. The number of carboxylic acids is 1. The summed E-state index contributed by atoms with van der Waals surface area (Å²) >= 11 is 0. The van der Waals surface area contributed by atoms with E-state index in [-0.39, 0.29) is 5.56 Å².